The minimum absolute atomic E-state index is 0.198. The zero-order chi connectivity index (χ0) is 19.3. The first-order chi connectivity index (χ1) is 12.8. The van der Waals surface area contributed by atoms with Crippen molar-refractivity contribution in [3.63, 3.8) is 0 Å². The summed E-state index contributed by atoms with van der Waals surface area (Å²) in [5, 5.41) is 9.35. The molecule has 0 spiro atoms. The molecule has 2 aromatic rings. The molecule has 9 nitrogen and oxygen atoms in total. The van der Waals surface area contributed by atoms with Gasteiger partial charge in [-0.05, 0) is 26.0 Å². The molecule has 2 aliphatic rings. The summed E-state index contributed by atoms with van der Waals surface area (Å²) in [6.45, 7) is 3.47. The molecule has 1 aromatic carbocycles. The van der Waals surface area contributed by atoms with Crippen molar-refractivity contribution in [1.82, 2.24) is 9.55 Å². The van der Waals surface area contributed by atoms with Gasteiger partial charge in [-0.3, -0.25) is 9.59 Å². The summed E-state index contributed by atoms with van der Waals surface area (Å²) < 4.78 is 6.52. The molecular formula is C18H19N5O4. The second kappa shape index (κ2) is 5.83. The van der Waals surface area contributed by atoms with Gasteiger partial charge in [0.05, 0.1) is 18.0 Å². The summed E-state index contributed by atoms with van der Waals surface area (Å²) >= 11 is 0. The van der Waals surface area contributed by atoms with Crippen molar-refractivity contribution in [2.24, 2.45) is 7.05 Å². The third kappa shape index (κ3) is 2.46. The normalized spacial score (nSPS) is 22.3. The number of aromatic nitrogens is 2. The highest BCUT2D eigenvalue weighted by Crippen LogP contribution is 2.46. The Labute approximate surface area is 154 Å². The number of ether oxygens (including phenoxy) is 1. The Hall–Kier alpha value is -3.36. The summed E-state index contributed by atoms with van der Waals surface area (Å²) in [4.78, 5) is 40.2. The lowest BCUT2D eigenvalue weighted by molar-refractivity contribution is -0.152. The highest BCUT2D eigenvalue weighted by Gasteiger charge is 2.51. The van der Waals surface area contributed by atoms with Crippen molar-refractivity contribution < 1.29 is 14.3 Å². The topological polar surface area (TPSA) is 114 Å². The lowest BCUT2D eigenvalue weighted by Gasteiger charge is -2.20. The average molecular weight is 369 g/mol. The van der Waals surface area contributed by atoms with Crippen molar-refractivity contribution >= 4 is 28.9 Å². The van der Waals surface area contributed by atoms with Crippen LogP contribution in [0.25, 0.3) is 0 Å². The van der Waals surface area contributed by atoms with Crippen LogP contribution in [0.1, 0.15) is 31.1 Å². The summed E-state index contributed by atoms with van der Waals surface area (Å²) in [7, 11) is 1.63. The van der Waals surface area contributed by atoms with E-state index in [9.17, 15) is 14.4 Å². The Morgan fingerprint density at radius 3 is 2.63 bits per heavy atom. The molecule has 2 atom stereocenters. The molecule has 2 aliphatic heterocycles. The van der Waals surface area contributed by atoms with Crippen molar-refractivity contribution in [2.75, 3.05) is 22.6 Å². The van der Waals surface area contributed by atoms with E-state index in [-0.39, 0.29) is 18.5 Å². The van der Waals surface area contributed by atoms with Crippen LogP contribution in [-0.2, 0) is 26.8 Å². The number of benzene rings is 1. The van der Waals surface area contributed by atoms with Crippen LogP contribution in [0.15, 0.2) is 29.3 Å². The van der Waals surface area contributed by atoms with Crippen LogP contribution >= 0.6 is 0 Å². The van der Waals surface area contributed by atoms with Gasteiger partial charge in [0.2, 0.25) is 5.91 Å². The molecule has 4 rings (SSSR count). The number of hydrogen-bond acceptors (Lipinski definition) is 7. The molecule has 2 unspecified atom stereocenters. The molecule has 1 amide bonds. The van der Waals surface area contributed by atoms with Crippen LogP contribution < -0.4 is 21.6 Å². The Morgan fingerprint density at radius 1 is 1.26 bits per heavy atom. The molecule has 27 heavy (non-hydrogen) atoms. The van der Waals surface area contributed by atoms with Crippen LogP contribution in [0.4, 0.5) is 17.1 Å². The smallest absolute Gasteiger partial charge is 0.347 e. The lowest BCUT2D eigenvalue weighted by Crippen LogP contribution is -2.40. The molecule has 0 saturated heterocycles. The molecule has 0 saturated carbocycles. The van der Waals surface area contributed by atoms with Crippen molar-refractivity contribution in [3.8, 4) is 0 Å². The first-order valence-corrected chi connectivity index (χ1v) is 8.57. The van der Waals surface area contributed by atoms with E-state index >= 15 is 0 Å². The number of aryl methyl sites for hydroxylation is 1. The third-order valence-electron chi connectivity index (χ3n) is 4.98. The fourth-order valence-electron chi connectivity index (χ4n) is 3.40. The predicted molar refractivity (Wildman–Crippen MR) is 98.5 cm³/mol. The molecule has 1 aromatic heterocycles. The molecule has 0 fully saturated rings. The monoisotopic (exact) mass is 369 g/mol. The fraction of sp³-hybridized carbons (Fsp3) is 0.333. The van der Waals surface area contributed by atoms with Crippen molar-refractivity contribution in [1.29, 1.82) is 0 Å². The van der Waals surface area contributed by atoms with Gasteiger partial charge in [0.15, 0.2) is 5.41 Å². The summed E-state index contributed by atoms with van der Waals surface area (Å²) in [6, 6.07) is 3.57. The van der Waals surface area contributed by atoms with Gasteiger partial charge < -0.3 is 25.3 Å². The van der Waals surface area contributed by atoms with Gasteiger partial charge in [0.1, 0.15) is 6.17 Å². The molecule has 0 radical (unpaired) electrons. The number of carbonyl (C=O) groups excluding carboxylic acids is 2. The van der Waals surface area contributed by atoms with E-state index in [1.807, 2.05) is 0 Å². The number of nitrogens with one attached hydrogen (secondary N) is 3. The zero-order valence-electron chi connectivity index (χ0n) is 15.1. The van der Waals surface area contributed by atoms with Gasteiger partial charge in [-0.2, -0.15) is 0 Å². The van der Waals surface area contributed by atoms with E-state index in [0.29, 0.717) is 11.3 Å². The summed E-state index contributed by atoms with van der Waals surface area (Å²) in [5.74, 6) is -0.982. The van der Waals surface area contributed by atoms with Gasteiger partial charge in [0.25, 0.3) is 0 Å². The van der Waals surface area contributed by atoms with Crippen LogP contribution in [-0.4, -0.2) is 28.0 Å². The van der Waals surface area contributed by atoms with E-state index in [2.05, 4.69) is 20.9 Å². The second-order valence-electron chi connectivity index (χ2n) is 6.75. The van der Waals surface area contributed by atoms with Crippen LogP contribution in [0.5, 0.6) is 0 Å². The van der Waals surface area contributed by atoms with Gasteiger partial charge in [0, 0.05) is 36.3 Å². The standard InChI is InChI=1S/C18H19N5O4/c1-4-27-16(25)18(2)10-5-12-13(6-11(10)22-15(18)24)21-14(20-12)9-7-19-17(26)23(3)8-9/h5-8,14,20-21H,4H2,1-3H3,(H,22,24). The zero-order valence-corrected chi connectivity index (χ0v) is 15.1. The average Bonchev–Trinajstić information content (AvgIpc) is 3.15. The minimum atomic E-state index is -1.39. The molecule has 0 bridgehead atoms. The molecule has 3 N–H and O–H groups in total. The number of amides is 1. The largest absolute Gasteiger partial charge is 0.465 e. The van der Waals surface area contributed by atoms with E-state index in [4.69, 9.17) is 4.74 Å². The van der Waals surface area contributed by atoms with Crippen molar-refractivity contribution in [3.05, 3.63) is 46.1 Å². The Bertz CT molecular complexity index is 1030. The number of carbonyl (C=O) groups is 2. The molecule has 140 valence electrons. The molecule has 9 heteroatoms. The van der Waals surface area contributed by atoms with Gasteiger partial charge in [-0.25, -0.2) is 9.78 Å². The number of rotatable bonds is 3. The fourth-order valence-corrected chi connectivity index (χ4v) is 3.40. The van der Waals surface area contributed by atoms with E-state index in [1.165, 1.54) is 10.8 Å². The highest BCUT2D eigenvalue weighted by molar-refractivity contribution is 6.19. The maximum Gasteiger partial charge on any atom is 0.347 e. The lowest BCUT2D eigenvalue weighted by atomic mass is 9.83. The van der Waals surface area contributed by atoms with Crippen molar-refractivity contribution in [2.45, 2.75) is 25.4 Å². The minimum Gasteiger partial charge on any atom is -0.465 e. The van der Waals surface area contributed by atoms with Gasteiger partial charge >= 0.3 is 11.7 Å². The highest BCUT2D eigenvalue weighted by atomic mass is 16.5. The predicted octanol–water partition coefficient (Wildman–Crippen LogP) is 1.09. The van der Waals surface area contributed by atoms with Crippen LogP contribution in [0.3, 0.4) is 0 Å². The number of fused-ring (bicyclic) bond motifs is 2. The maximum absolute atomic E-state index is 12.5. The number of esters is 1. The van der Waals surface area contributed by atoms with Crippen LogP contribution in [0, 0.1) is 0 Å². The van der Waals surface area contributed by atoms with E-state index in [0.717, 1.165) is 16.9 Å². The number of nitrogens with zero attached hydrogens (tertiary/aromatic N) is 2. The maximum atomic E-state index is 12.5. The summed E-state index contributed by atoms with van der Waals surface area (Å²) in [5.41, 5.74) is 1.73. The summed E-state index contributed by atoms with van der Waals surface area (Å²) in [6.07, 6.45) is 2.92. The molecule has 3 heterocycles. The first-order valence-electron chi connectivity index (χ1n) is 8.57. The Morgan fingerprint density at radius 2 is 1.96 bits per heavy atom. The van der Waals surface area contributed by atoms with Gasteiger partial charge in [-0.15, -0.1) is 0 Å². The SMILES string of the molecule is CCOC(=O)C1(C)C(=O)Nc2cc3c(cc21)NC(c1cnc(=O)n(C)c1)N3. The Kier molecular flexibility index (Phi) is 3.69. The van der Waals surface area contributed by atoms with E-state index in [1.54, 1.807) is 39.2 Å². The number of hydrogen-bond donors (Lipinski definition) is 3. The third-order valence-corrected chi connectivity index (χ3v) is 4.98. The quantitative estimate of drug-likeness (QED) is 0.548. The molecular weight excluding hydrogens is 350 g/mol. The van der Waals surface area contributed by atoms with E-state index < -0.39 is 17.3 Å². The number of anilines is 3. The second-order valence-corrected chi connectivity index (χ2v) is 6.75. The molecule has 0 aliphatic carbocycles. The first kappa shape index (κ1) is 17.1. The Balaban J connectivity index is 1.70. The van der Waals surface area contributed by atoms with Gasteiger partial charge in [-0.1, -0.05) is 0 Å². The van der Waals surface area contributed by atoms with Crippen LogP contribution in [0.2, 0.25) is 0 Å².